The summed E-state index contributed by atoms with van der Waals surface area (Å²) in [6.07, 6.45) is 2.96. The SMILES string of the molecule is Cc1ccc(/C=C/C(=O)NOC(C)(C)C)o1. The molecule has 0 aromatic carbocycles. The molecule has 0 radical (unpaired) electrons. The van der Waals surface area contributed by atoms with Crippen molar-refractivity contribution >= 4 is 12.0 Å². The van der Waals surface area contributed by atoms with Crippen LogP contribution < -0.4 is 5.48 Å². The Morgan fingerprint density at radius 2 is 2.12 bits per heavy atom. The minimum atomic E-state index is -0.398. The molecule has 0 atom stereocenters. The molecule has 0 saturated heterocycles. The quantitative estimate of drug-likeness (QED) is 0.632. The van der Waals surface area contributed by atoms with Crippen LogP contribution in [0, 0.1) is 6.92 Å². The van der Waals surface area contributed by atoms with E-state index < -0.39 is 5.60 Å². The van der Waals surface area contributed by atoms with E-state index in [9.17, 15) is 4.79 Å². The topological polar surface area (TPSA) is 51.5 Å². The van der Waals surface area contributed by atoms with Gasteiger partial charge in [-0.15, -0.1) is 0 Å². The van der Waals surface area contributed by atoms with Crippen molar-refractivity contribution in [3.63, 3.8) is 0 Å². The molecule has 0 aliphatic carbocycles. The predicted octanol–water partition coefficient (Wildman–Crippen LogP) is 2.45. The Balaban J connectivity index is 2.43. The first-order valence-corrected chi connectivity index (χ1v) is 5.09. The first-order chi connectivity index (χ1) is 7.37. The van der Waals surface area contributed by atoms with Gasteiger partial charge in [-0.1, -0.05) is 0 Å². The lowest BCUT2D eigenvalue weighted by molar-refractivity contribution is -0.140. The molecular formula is C12H17NO3. The lowest BCUT2D eigenvalue weighted by Gasteiger charge is -2.17. The summed E-state index contributed by atoms with van der Waals surface area (Å²) in [6, 6.07) is 3.63. The summed E-state index contributed by atoms with van der Waals surface area (Å²) in [5.41, 5.74) is 1.93. The highest BCUT2D eigenvalue weighted by Gasteiger charge is 2.11. The van der Waals surface area contributed by atoms with E-state index >= 15 is 0 Å². The summed E-state index contributed by atoms with van der Waals surface area (Å²) in [5.74, 6) is 1.14. The molecule has 1 rings (SSSR count). The Kier molecular flexibility index (Phi) is 3.90. The van der Waals surface area contributed by atoms with Gasteiger partial charge in [-0.25, -0.2) is 5.48 Å². The monoisotopic (exact) mass is 223 g/mol. The average Bonchev–Trinajstić information content (AvgIpc) is 2.57. The van der Waals surface area contributed by atoms with E-state index in [4.69, 9.17) is 9.25 Å². The van der Waals surface area contributed by atoms with Gasteiger partial charge in [0.1, 0.15) is 11.5 Å². The summed E-state index contributed by atoms with van der Waals surface area (Å²) < 4.78 is 5.27. The molecule has 88 valence electrons. The molecule has 0 bridgehead atoms. The van der Waals surface area contributed by atoms with E-state index in [1.807, 2.05) is 33.8 Å². The Hall–Kier alpha value is -1.55. The van der Waals surface area contributed by atoms with E-state index in [1.165, 1.54) is 6.08 Å². The highest BCUT2D eigenvalue weighted by molar-refractivity contribution is 5.90. The van der Waals surface area contributed by atoms with Gasteiger partial charge >= 0.3 is 0 Å². The predicted molar refractivity (Wildman–Crippen MR) is 61.5 cm³/mol. The summed E-state index contributed by atoms with van der Waals surface area (Å²) in [5, 5.41) is 0. The average molecular weight is 223 g/mol. The third kappa shape index (κ3) is 4.79. The fourth-order valence-corrected chi connectivity index (χ4v) is 0.938. The number of aryl methyl sites for hydroxylation is 1. The highest BCUT2D eigenvalue weighted by atomic mass is 16.7. The minimum absolute atomic E-state index is 0.316. The second kappa shape index (κ2) is 4.99. The molecule has 16 heavy (non-hydrogen) atoms. The Morgan fingerprint density at radius 3 is 2.62 bits per heavy atom. The smallest absolute Gasteiger partial charge is 0.267 e. The van der Waals surface area contributed by atoms with Crippen LogP contribution in [0.25, 0.3) is 6.08 Å². The first-order valence-electron chi connectivity index (χ1n) is 5.09. The molecule has 1 aromatic rings. The van der Waals surface area contributed by atoms with Gasteiger partial charge in [-0.2, -0.15) is 0 Å². The largest absolute Gasteiger partial charge is 0.462 e. The molecule has 4 heteroatoms. The van der Waals surface area contributed by atoms with E-state index in [0.29, 0.717) is 5.76 Å². The number of carbonyl (C=O) groups excluding carboxylic acids is 1. The Morgan fingerprint density at radius 1 is 1.44 bits per heavy atom. The zero-order chi connectivity index (χ0) is 12.2. The first kappa shape index (κ1) is 12.5. The summed E-state index contributed by atoms with van der Waals surface area (Å²) in [7, 11) is 0. The van der Waals surface area contributed by atoms with Crippen LogP contribution in [0.5, 0.6) is 0 Å². The molecule has 1 N–H and O–H groups in total. The maximum Gasteiger partial charge on any atom is 0.267 e. The summed E-state index contributed by atoms with van der Waals surface area (Å²) in [6.45, 7) is 7.41. The van der Waals surface area contributed by atoms with Crippen LogP contribution in [0.1, 0.15) is 32.3 Å². The Bertz CT molecular complexity index is 385. The zero-order valence-electron chi connectivity index (χ0n) is 10.0. The van der Waals surface area contributed by atoms with E-state index in [2.05, 4.69) is 5.48 Å². The molecule has 0 spiro atoms. The van der Waals surface area contributed by atoms with Crippen molar-refractivity contribution in [2.75, 3.05) is 0 Å². The molecule has 1 heterocycles. The normalized spacial score (nSPS) is 12.0. The van der Waals surface area contributed by atoms with Crippen LogP contribution in [0.3, 0.4) is 0 Å². The molecule has 0 saturated carbocycles. The van der Waals surface area contributed by atoms with Gasteiger partial charge in [0.05, 0.1) is 5.60 Å². The number of carbonyl (C=O) groups is 1. The van der Waals surface area contributed by atoms with Gasteiger partial charge in [0.15, 0.2) is 0 Å². The molecule has 0 aliphatic rings. The number of nitrogens with one attached hydrogen (secondary N) is 1. The summed E-state index contributed by atoms with van der Waals surface area (Å²) >= 11 is 0. The van der Waals surface area contributed by atoms with E-state index in [1.54, 1.807) is 12.1 Å². The van der Waals surface area contributed by atoms with Gasteiger partial charge in [0, 0.05) is 6.08 Å². The number of furan rings is 1. The zero-order valence-corrected chi connectivity index (χ0v) is 10.0. The van der Waals surface area contributed by atoms with Crippen LogP contribution in [0.2, 0.25) is 0 Å². The van der Waals surface area contributed by atoms with Gasteiger partial charge in [-0.3, -0.25) is 9.63 Å². The van der Waals surface area contributed by atoms with Crippen LogP contribution in [0.4, 0.5) is 0 Å². The fourth-order valence-electron chi connectivity index (χ4n) is 0.938. The summed E-state index contributed by atoms with van der Waals surface area (Å²) in [4.78, 5) is 16.4. The van der Waals surface area contributed by atoms with Crippen LogP contribution in [-0.2, 0) is 9.63 Å². The second-order valence-electron chi connectivity index (χ2n) is 4.46. The molecule has 4 nitrogen and oxygen atoms in total. The lowest BCUT2D eigenvalue weighted by atomic mass is 10.2. The molecule has 1 amide bonds. The fraction of sp³-hybridized carbons (Fsp3) is 0.417. The molecule has 0 aliphatic heterocycles. The van der Waals surface area contributed by atoms with Crippen molar-refractivity contribution in [3.8, 4) is 0 Å². The third-order valence-corrected chi connectivity index (χ3v) is 1.62. The standard InChI is InChI=1S/C12H17NO3/c1-9-5-6-10(15-9)7-8-11(14)13-16-12(2,3)4/h5-8H,1-4H3,(H,13,14)/b8-7+. The van der Waals surface area contributed by atoms with Crippen LogP contribution in [0.15, 0.2) is 22.6 Å². The van der Waals surface area contributed by atoms with E-state index in [0.717, 1.165) is 5.76 Å². The number of amides is 1. The highest BCUT2D eigenvalue weighted by Crippen LogP contribution is 2.08. The van der Waals surface area contributed by atoms with E-state index in [-0.39, 0.29) is 5.91 Å². The number of hydrogen-bond acceptors (Lipinski definition) is 3. The van der Waals surface area contributed by atoms with Crippen molar-refractivity contribution in [1.29, 1.82) is 0 Å². The Labute approximate surface area is 95.2 Å². The molecular weight excluding hydrogens is 206 g/mol. The second-order valence-corrected chi connectivity index (χ2v) is 4.46. The lowest BCUT2D eigenvalue weighted by Crippen LogP contribution is -2.32. The van der Waals surface area contributed by atoms with Gasteiger partial charge < -0.3 is 4.42 Å². The maximum atomic E-state index is 11.3. The van der Waals surface area contributed by atoms with Crippen molar-refractivity contribution in [3.05, 3.63) is 29.7 Å². The number of rotatable bonds is 3. The van der Waals surface area contributed by atoms with Crippen molar-refractivity contribution in [2.24, 2.45) is 0 Å². The van der Waals surface area contributed by atoms with Crippen LogP contribution in [-0.4, -0.2) is 11.5 Å². The van der Waals surface area contributed by atoms with Crippen molar-refractivity contribution < 1.29 is 14.0 Å². The van der Waals surface area contributed by atoms with Crippen molar-refractivity contribution in [2.45, 2.75) is 33.3 Å². The molecule has 1 aromatic heterocycles. The number of hydrogen-bond donors (Lipinski definition) is 1. The maximum absolute atomic E-state index is 11.3. The third-order valence-electron chi connectivity index (χ3n) is 1.62. The minimum Gasteiger partial charge on any atom is -0.462 e. The van der Waals surface area contributed by atoms with Crippen LogP contribution >= 0.6 is 0 Å². The molecule has 0 fully saturated rings. The van der Waals surface area contributed by atoms with Crippen molar-refractivity contribution in [1.82, 2.24) is 5.48 Å². The molecule has 0 unspecified atom stereocenters. The van der Waals surface area contributed by atoms with Gasteiger partial charge in [0.2, 0.25) is 0 Å². The van der Waals surface area contributed by atoms with Gasteiger partial charge in [0.25, 0.3) is 5.91 Å². The van der Waals surface area contributed by atoms with Gasteiger partial charge in [-0.05, 0) is 45.9 Å². The number of hydroxylamine groups is 1.